The number of carboxylic acids is 1. The summed E-state index contributed by atoms with van der Waals surface area (Å²) in [7, 11) is 0. The number of halogens is 1. The molecule has 1 amide bonds. The maximum absolute atomic E-state index is 12.1. The molecule has 28 heavy (non-hydrogen) atoms. The molecular formula is C22H20ClNO3S. The molecule has 1 unspecified atom stereocenters. The van der Waals surface area contributed by atoms with Gasteiger partial charge in [0.15, 0.2) is 0 Å². The largest absolute Gasteiger partial charge is 0.478 e. The number of nitrogens with one attached hydrogen (secondary N) is 1. The van der Waals surface area contributed by atoms with Crippen molar-refractivity contribution in [2.75, 3.05) is 0 Å². The van der Waals surface area contributed by atoms with E-state index in [1.54, 1.807) is 18.2 Å². The summed E-state index contributed by atoms with van der Waals surface area (Å²) in [4.78, 5) is 24.3. The monoisotopic (exact) mass is 413 g/mol. The molecule has 1 heterocycles. The summed E-state index contributed by atoms with van der Waals surface area (Å²) < 4.78 is 0.571. The van der Waals surface area contributed by atoms with Crippen LogP contribution in [0.5, 0.6) is 0 Å². The molecule has 0 aliphatic carbocycles. The minimum atomic E-state index is -0.981. The van der Waals surface area contributed by atoms with Gasteiger partial charge in [-0.2, -0.15) is 0 Å². The average molecular weight is 414 g/mol. The molecule has 0 spiro atoms. The Hall–Kier alpha value is -2.63. The van der Waals surface area contributed by atoms with E-state index in [4.69, 9.17) is 11.6 Å². The highest BCUT2D eigenvalue weighted by Crippen LogP contribution is 2.39. The number of benzene rings is 2. The van der Waals surface area contributed by atoms with Gasteiger partial charge in [0.05, 0.1) is 11.6 Å². The smallest absolute Gasteiger partial charge is 0.335 e. The summed E-state index contributed by atoms with van der Waals surface area (Å²) in [5, 5.41) is 12.3. The Morgan fingerprint density at radius 3 is 2.54 bits per heavy atom. The molecule has 1 atom stereocenters. The van der Waals surface area contributed by atoms with E-state index in [1.165, 1.54) is 11.3 Å². The van der Waals surface area contributed by atoms with E-state index in [-0.39, 0.29) is 17.5 Å². The molecule has 0 saturated heterocycles. The van der Waals surface area contributed by atoms with Crippen molar-refractivity contribution >= 4 is 34.8 Å². The van der Waals surface area contributed by atoms with Crippen molar-refractivity contribution in [1.29, 1.82) is 0 Å². The predicted molar refractivity (Wildman–Crippen MR) is 113 cm³/mol. The number of aromatic carboxylic acids is 1. The first kappa shape index (κ1) is 20.1. The lowest BCUT2D eigenvalue weighted by Gasteiger charge is -2.17. The molecule has 0 fully saturated rings. The third kappa shape index (κ3) is 4.80. The Morgan fingerprint density at radius 1 is 1.11 bits per heavy atom. The molecule has 0 radical (unpaired) electrons. The lowest BCUT2D eigenvalue weighted by molar-refractivity contribution is -0.121. The number of carbonyl (C=O) groups excluding carboxylic acids is 1. The van der Waals surface area contributed by atoms with Crippen molar-refractivity contribution < 1.29 is 14.7 Å². The molecule has 0 bridgehead atoms. The molecule has 0 aliphatic rings. The van der Waals surface area contributed by atoms with Crippen LogP contribution in [-0.4, -0.2) is 17.0 Å². The Kier molecular flexibility index (Phi) is 6.49. The van der Waals surface area contributed by atoms with Crippen LogP contribution in [0, 0.1) is 0 Å². The Morgan fingerprint density at radius 2 is 1.86 bits per heavy atom. The molecule has 144 valence electrons. The van der Waals surface area contributed by atoms with Crippen molar-refractivity contribution in [2.24, 2.45) is 0 Å². The minimum absolute atomic E-state index is 0.0279. The van der Waals surface area contributed by atoms with Gasteiger partial charge in [0.2, 0.25) is 5.91 Å². The standard InChI is InChI=1S/C22H20ClNO3S/c1-2-20(25)24-18(11-14-7-4-3-5-8-14)19-13-17(21(23)28-19)15-9-6-10-16(12-15)22(26)27/h3-10,12-13,18H,2,11H2,1H3,(H,24,25)(H,26,27). The number of carbonyl (C=O) groups is 2. The summed E-state index contributed by atoms with van der Waals surface area (Å²) in [5.74, 6) is -1.01. The van der Waals surface area contributed by atoms with Gasteiger partial charge >= 0.3 is 5.97 Å². The van der Waals surface area contributed by atoms with E-state index in [0.717, 1.165) is 21.6 Å². The Balaban J connectivity index is 1.95. The van der Waals surface area contributed by atoms with Crippen molar-refractivity contribution in [3.8, 4) is 11.1 Å². The summed E-state index contributed by atoms with van der Waals surface area (Å²) in [5.41, 5.74) is 2.84. The van der Waals surface area contributed by atoms with Gasteiger partial charge in [-0.25, -0.2) is 4.79 Å². The number of amides is 1. The number of thiophene rings is 1. The van der Waals surface area contributed by atoms with Gasteiger partial charge < -0.3 is 10.4 Å². The summed E-state index contributed by atoms with van der Waals surface area (Å²) >= 11 is 7.89. The van der Waals surface area contributed by atoms with Crippen molar-refractivity contribution in [1.82, 2.24) is 5.32 Å². The predicted octanol–water partition coefficient (Wildman–Crippen LogP) is 5.58. The summed E-state index contributed by atoms with van der Waals surface area (Å²) in [6.07, 6.45) is 1.05. The lowest BCUT2D eigenvalue weighted by Crippen LogP contribution is -2.28. The highest BCUT2D eigenvalue weighted by atomic mass is 35.5. The number of hydrogen-bond acceptors (Lipinski definition) is 3. The lowest BCUT2D eigenvalue weighted by atomic mass is 10.0. The molecule has 0 saturated carbocycles. The van der Waals surface area contributed by atoms with Gasteiger partial charge in [0.1, 0.15) is 4.34 Å². The fourth-order valence-corrected chi connectivity index (χ4v) is 4.33. The highest BCUT2D eigenvalue weighted by molar-refractivity contribution is 7.16. The number of hydrogen-bond donors (Lipinski definition) is 2. The van der Waals surface area contributed by atoms with Crippen LogP contribution in [0.25, 0.3) is 11.1 Å². The van der Waals surface area contributed by atoms with Crippen molar-refractivity contribution in [3.63, 3.8) is 0 Å². The highest BCUT2D eigenvalue weighted by Gasteiger charge is 2.20. The van der Waals surface area contributed by atoms with Crippen LogP contribution >= 0.6 is 22.9 Å². The van der Waals surface area contributed by atoms with E-state index in [2.05, 4.69) is 5.32 Å². The second-order valence-electron chi connectivity index (χ2n) is 6.39. The van der Waals surface area contributed by atoms with Crippen LogP contribution in [0.3, 0.4) is 0 Å². The van der Waals surface area contributed by atoms with E-state index in [9.17, 15) is 14.7 Å². The van der Waals surface area contributed by atoms with Gasteiger partial charge in [-0.3, -0.25) is 4.79 Å². The molecule has 3 rings (SSSR count). The summed E-state index contributed by atoms with van der Waals surface area (Å²) in [6.45, 7) is 1.82. The van der Waals surface area contributed by atoms with Crippen LogP contribution < -0.4 is 5.32 Å². The Bertz CT molecular complexity index is 984. The number of rotatable bonds is 7. The maximum Gasteiger partial charge on any atom is 0.335 e. The minimum Gasteiger partial charge on any atom is -0.478 e. The normalized spacial score (nSPS) is 11.8. The third-order valence-corrected chi connectivity index (χ3v) is 5.88. The average Bonchev–Trinajstić information content (AvgIpc) is 3.10. The van der Waals surface area contributed by atoms with Crippen LogP contribution in [0.4, 0.5) is 0 Å². The van der Waals surface area contributed by atoms with E-state index in [1.807, 2.05) is 49.4 Å². The maximum atomic E-state index is 12.1. The van der Waals surface area contributed by atoms with Gasteiger partial charge in [-0.05, 0) is 35.7 Å². The zero-order valence-corrected chi connectivity index (χ0v) is 16.9. The second-order valence-corrected chi connectivity index (χ2v) is 8.07. The fourth-order valence-electron chi connectivity index (χ4n) is 2.94. The van der Waals surface area contributed by atoms with Crippen LogP contribution in [0.2, 0.25) is 4.34 Å². The van der Waals surface area contributed by atoms with Gasteiger partial charge in [-0.1, -0.05) is 61.0 Å². The molecule has 2 aromatic carbocycles. The van der Waals surface area contributed by atoms with Gasteiger partial charge in [-0.15, -0.1) is 11.3 Å². The van der Waals surface area contributed by atoms with Crippen LogP contribution in [0.1, 0.15) is 40.2 Å². The molecule has 4 nitrogen and oxygen atoms in total. The first-order chi connectivity index (χ1) is 13.5. The second kappa shape index (κ2) is 9.04. The number of carboxylic acid groups (broad SMARTS) is 1. The van der Waals surface area contributed by atoms with Crippen LogP contribution in [0.15, 0.2) is 60.7 Å². The zero-order chi connectivity index (χ0) is 20.1. The molecular weight excluding hydrogens is 394 g/mol. The van der Waals surface area contributed by atoms with Crippen LogP contribution in [-0.2, 0) is 11.2 Å². The zero-order valence-electron chi connectivity index (χ0n) is 15.3. The SMILES string of the molecule is CCC(=O)NC(Cc1ccccc1)c1cc(-c2cccc(C(=O)O)c2)c(Cl)s1. The van der Waals surface area contributed by atoms with E-state index in [0.29, 0.717) is 17.2 Å². The summed E-state index contributed by atoms with van der Waals surface area (Å²) in [6, 6.07) is 18.4. The molecule has 0 aliphatic heterocycles. The van der Waals surface area contributed by atoms with Gasteiger partial charge in [0, 0.05) is 16.9 Å². The molecule has 1 aromatic heterocycles. The quantitative estimate of drug-likeness (QED) is 0.531. The molecule has 6 heteroatoms. The molecule has 2 N–H and O–H groups in total. The third-order valence-electron chi connectivity index (χ3n) is 4.41. The van der Waals surface area contributed by atoms with E-state index < -0.39 is 5.97 Å². The molecule has 3 aromatic rings. The topological polar surface area (TPSA) is 66.4 Å². The van der Waals surface area contributed by atoms with E-state index >= 15 is 0 Å². The van der Waals surface area contributed by atoms with Crippen molar-refractivity contribution in [2.45, 2.75) is 25.8 Å². The fraction of sp³-hybridized carbons (Fsp3) is 0.182. The Labute approximate surface area is 172 Å². The van der Waals surface area contributed by atoms with Crippen molar-refractivity contribution in [3.05, 3.63) is 81.0 Å². The first-order valence-electron chi connectivity index (χ1n) is 8.94. The van der Waals surface area contributed by atoms with Gasteiger partial charge in [0.25, 0.3) is 0 Å². The first-order valence-corrected chi connectivity index (χ1v) is 10.1.